The fourth-order valence-corrected chi connectivity index (χ4v) is 3.88. The van der Waals surface area contributed by atoms with Crippen LogP contribution in [-0.4, -0.2) is 5.11 Å². The third-order valence-electron chi connectivity index (χ3n) is 3.50. The summed E-state index contributed by atoms with van der Waals surface area (Å²) >= 11 is 4.99. The van der Waals surface area contributed by atoms with E-state index in [2.05, 4.69) is 15.9 Å². The summed E-state index contributed by atoms with van der Waals surface area (Å²) in [5.74, 6) is -0.291. The molecule has 1 N–H and O–H groups in total. The van der Waals surface area contributed by atoms with Crippen molar-refractivity contribution in [2.45, 2.75) is 18.9 Å². The van der Waals surface area contributed by atoms with Crippen LogP contribution < -0.4 is 0 Å². The van der Waals surface area contributed by atoms with Crippen molar-refractivity contribution in [2.24, 2.45) is 0 Å². The molecule has 1 atom stereocenters. The van der Waals surface area contributed by atoms with E-state index in [0.29, 0.717) is 6.42 Å². The highest BCUT2D eigenvalue weighted by Crippen LogP contribution is 2.36. The van der Waals surface area contributed by atoms with Gasteiger partial charge in [0.25, 0.3) is 0 Å². The summed E-state index contributed by atoms with van der Waals surface area (Å²) in [6, 6.07) is 14.6. The molecule has 1 heterocycles. The molecular formula is C17H14BrFOS. The van der Waals surface area contributed by atoms with Gasteiger partial charge in [-0.15, -0.1) is 11.3 Å². The Morgan fingerprint density at radius 1 is 1.19 bits per heavy atom. The molecule has 0 aliphatic rings. The maximum atomic E-state index is 13.4. The maximum Gasteiger partial charge on any atom is 0.123 e. The predicted octanol–water partition coefficient (Wildman–Crippen LogP) is 5.25. The summed E-state index contributed by atoms with van der Waals surface area (Å²) in [6.45, 7) is 1.77. The van der Waals surface area contributed by atoms with Crippen molar-refractivity contribution in [2.75, 3.05) is 0 Å². The smallest absolute Gasteiger partial charge is 0.123 e. The number of fused-ring (bicyclic) bond motifs is 1. The van der Waals surface area contributed by atoms with E-state index < -0.39 is 5.60 Å². The Balaban J connectivity index is 1.97. The Hall–Kier alpha value is -1.23. The van der Waals surface area contributed by atoms with Crippen LogP contribution in [0, 0.1) is 5.82 Å². The Morgan fingerprint density at radius 2 is 1.95 bits per heavy atom. The van der Waals surface area contributed by atoms with Gasteiger partial charge in [-0.2, -0.15) is 0 Å². The molecule has 1 unspecified atom stereocenters. The van der Waals surface area contributed by atoms with Crippen molar-refractivity contribution in [3.63, 3.8) is 0 Å². The number of hydrogen-bond acceptors (Lipinski definition) is 2. The summed E-state index contributed by atoms with van der Waals surface area (Å²) in [6.07, 6.45) is 0.359. The average Bonchev–Trinajstić information content (AvgIpc) is 2.87. The van der Waals surface area contributed by atoms with Crippen LogP contribution in [0.4, 0.5) is 4.39 Å². The number of halogens is 2. The summed E-state index contributed by atoms with van der Waals surface area (Å²) in [4.78, 5) is 0.889. The van der Waals surface area contributed by atoms with Gasteiger partial charge in [-0.1, -0.05) is 34.1 Å². The molecular weight excluding hydrogens is 351 g/mol. The molecule has 3 rings (SSSR count). The first-order valence-corrected chi connectivity index (χ1v) is 8.22. The van der Waals surface area contributed by atoms with Crippen molar-refractivity contribution in [1.82, 2.24) is 0 Å². The topological polar surface area (TPSA) is 20.2 Å². The van der Waals surface area contributed by atoms with Crippen LogP contribution in [-0.2, 0) is 12.0 Å². The van der Waals surface area contributed by atoms with Gasteiger partial charge < -0.3 is 5.11 Å². The molecule has 3 aromatic rings. The van der Waals surface area contributed by atoms with E-state index >= 15 is 0 Å². The summed E-state index contributed by atoms with van der Waals surface area (Å²) in [7, 11) is 0. The van der Waals surface area contributed by atoms with Gasteiger partial charge in [0.15, 0.2) is 0 Å². The highest BCUT2D eigenvalue weighted by atomic mass is 79.9. The standard InChI is InChI=1S/C17H14BrFOS/c1-17(20,10-12-8-13(19)6-7-14(12)18)16-9-11-4-2-3-5-15(11)21-16/h2-9,20H,10H2,1H3. The largest absolute Gasteiger partial charge is 0.384 e. The van der Waals surface area contributed by atoms with Gasteiger partial charge in [0.05, 0.1) is 0 Å². The maximum absolute atomic E-state index is 13.4. The summed E-state index contributed by atoms with van der Waals surface area (Å²) in [5, 5.41) is 11.9. The van der Waals surface area contributed by atoms with Gasteiger partial charge in [0.2, 0.25) is 0 Å². The van der Waals surface area contributed by atoms with E-state index in [1.807, 2.05) is 30.3 Å². The molecule has 0 fully saturated rings. The number of hydrogen-bond donors (Lipinski definition) is 1. The van der Waals surface area contributed by atoms with Crippen LogP contribution in [0.5, 0.6) is 0 Å². The molecule has 0 saturated carbocycles. The SMILES string of the molecule is CC(O)(Cc1cc(F)ccc1Br)c1cc2ccccc2s1. The quantitative estimate of drug-likeness (QED) is 0.672. The lowest BCUT2D eigenvalue weighted by molar-refractivity contribution is 0.0613. The van der Waals surface area contributed by atoms with E-state index in [4.69, 9.17) is 0 Å². The first-order chi connectivity index (χ1) is 9.95. The molecule has 0 aliphatic carbocycles. The molecule has 0 amide bonds. The Kier molecular flexibility index (Phi) is 3.86. The molecule has 1 nitrogen and oxygen atoms in total. The lowest BCUT2D eigenvalue weighted by atomic mass is 9.94. The van der Waals surface area contributed by atoms with Crippen molar-refractivity contribution in [1.29, 1.82) is 0 Å². The highest BCUT2D eigenvalue weighted by molar-refractivity contribution is 9.10. The zero-order valence-corrected chi connectivity index (χ0v) is 13.8. The van der Waals surface area contributed by atoms with E-state index in [0.717, 1.165) is 25.0 Å². The van der Waals surface area contributed by atoms with Crippen molar-refractivity contribution >= 4 is 37.4 Å². The molecule has 108 valence electrons. The molecule has 0 aliphatic heterocycles. The first-order valence-electron chi connectivity index (χ1n) is 6.61. The van der Waals surface area contributed by atoms with Gasteiger partial charge in [0, 0.05) is 20.5 Å². The van der Waals surface area contributed by atoms with Crippen LogP contribution in [0.1, 0.15) is 17.4 Å². The zero-order chi connectivity index (χ0) is 15.0. The van der Waals surface area contributed by atoms with E-state index in [-0.39, 0.29) is 5.82 Å². The average molecular weight is 365 g/mol. The monoisotopic (exact) mass is 364 g/mol. The second-order valence-electron chi connectivity index (χ2n) is 5.33. The molecule has 2 aromatic carbocycles. The molecule has 4 heteroatoms. The second kappa shape index (κ2) is 5.52. The van der Waals surface area contributed by atoms with E-state index in [1.165, 1.54) is 12.1 Å². The van der Waals surface area contributed by atoms with Crippen LogP contribution in [0.15, 0.2) is 53.0 Å². The normalized spacial score (nSPS) is 14.3. The predicted molar refractivity (Wildman–Crippen MR) is 89.2 cm³/mol. The number of benzene rings is 2. The molecule has 0 bridgehead atoms. The zero-order valence-electron chi connectivity index (χ0n) is 11.4. The third-order valence-corrected chi connectivity index (χ3v) is 5.64. The van der Waals surface area contributed by atoms with Crippen molar-refractivity contribution in [3.05, 3.63) is 69.3 Å². The minimum Gasteiger partial charge on any atom is -0.384 e. The summed E-state index contributed by atoms with van der Waals surface area (Å²) < 4.78 is 15.3. The van der Waals surface area contributed by atoms with Gasteiger partial charge in [0.1, 0.15) is 11.4 Å². The third kappa shape index (κ3) is 3.03. The second-order valence-corrected chi connectivity index (χ2v) is 7.27. The minimum absolute atomic E-state index is 0.291. The van der Waals surface area contributed by atoms with E-state index in [9.17, 15) is 9.50 Å². The molecule has 0 radical (unpaired) electrons. The Bertz CT molecular complexity index is 761. The number of aliphatic hydroxyl groups is 1. The molecule has 21 heavy (non-hydrogen) atoms. The Labute approximate surface area is 135 Å². The lowest BCUT2D eigenvalue weighted by Gasteiger charge is -2.22. The van der Waals surface area contributed by atoms with Crippen LogP contribution in [0.2, 0.25) is 0 Å². The van der Waals surface area contributed by atoms with Gasteiger partial charge in [-0.25, -0.2) is 4.39 Å². The van der Waals surface area contributed by atoms with E-state index in [1.54, 1.807) is 24.3 Å². The molecule has 1 aromatic heterocycles. The lowest BCUT2D eigenvalue weighted by Crippen LogP contribution is -2.23. The Morgan fingerprint density at radius 3 is 2.71 bits per heavy atom. The fourth-order valence-electron chi connectivity index (χ4n) is 2.38. The van der Waals surface area contributed by atoms with Gasteiger partial charge in [-0.3, -0.25) is 0 Å². The van der Waals surface area contributed by atoms with Crippen LogP contribution >= 0.6 is 27.3 Å². The van der Waals surface area contributed by atoms with Crippen LogP contribution in [0.25, 0.3) is 10.1 Å². The fraction of sp³-hybridized carbons (Fsp3) is 0.176. The van der Waals surface area contributed by atoms with Gasteiger partial charge >= 0.3 is 0 Å². The number of rotatable bonds is 3. The molecule has 0 saturated heterocycles. The minimum atomic E-state index is -1.03. The number of thiophene rings is 1. The summed E-state index contributed by atoms with van der Waals surface area (Å²) in [5.41, 5.74) is -0.266. The first kappa shape index (κ1) is 14.7. The van der Waals surface area contributed by atoms with Crippen molar-refractivity contribution in [3.8, 4) is 0 Å². The van der Waals surface area contributed by atoms with Crippen LogP contribution in [0.3, 0.4) is 0 Å². The van der Waals surface area contributed by atoms with Crippen molar-refractivity contribution < 1.29 is 9.50 Å². The highest BCUT2D eigenvalue weighted by Gasteiger charge is 2.27. The molecule has 0 spiro atoms. The van der Waals surface area contributed by atoms with Gasteiger partial charge in [-0.05, 0) is 48.2 Å².